The van der Waals surface area contributed by atoms with Crippen LogP contribution in [0, 0.1) is 11.3 Å². The van der Waals surface area contributed by atoms with E-state index in [4.69, 9.17) is 15.7 Å². The third-order valence-corrected chi connectivity index (χ3v) is 6.57. The van der Waals surface area contributed by atoms with Crippen molar-refractivity contribution < 1.29 is 9.53 Å². The highest BCUT2D eigenvalue weighted by Gasteiger charge is 2.19. The lowest BCUT2D eigenvalue weighted by Gasteiger charge is -2.33. The van der Waals surface area contributed by atoms with Gasteiger partial charge in [-0.25, -0.2) is 4.98 Å². The Balaban J connectivity index is 1.24. The van der Waals surface area contributed by atoms with E-state index in [1.165, 1.54) is 0 Å². The molecule has 9 nitrogen and oxygen atoms in total. The molecular weight excluding hydrogens is 478 g/mol. The summed E-state index contributed by atoms with van der Waals surface area (Å²) < 4.78 is 5.90. The number of anilines is 2. The van der Waals surface area contributed by atoms with E-state index in [1.54, 1.807) is 24.3 Å². The Bertz CT molecular complexity index is 1510. The average Bonchev–Trinajstić information content (AvgIpc) is 2.95. The third kappa shape index (κ3) is 5.82. The van der Waals surface area contributed by atoms with E-state index in [-0.39, 0.29) is 11.9 Å². The minimum atomic E-state index is -0.204. The third-order valence-electron chi connectivity index (χ3n) is 6.57. The molecule has 1 amide bonds. The van der Waals surface area contributed by atoms with Crippen molar-refractivity contribution >= 4 is 28.6 Å². The van der Waals surface area contributed by atoms with E-state index in [0.717, 1.165) is 48.5 Å². The van der Waals surface area contributed by atoms with Crippen LogP contribution in [0.4, 0.5) is 11.8 Å². The van der Waals surface area contributed by atoms with Crippen molar-refractivity contribution in [1.29, 1.82) is 5.26 Å². The highest BCUT2D eigenvalue weighted by molar-refractivity contribution is 6.00. The summed E-state index contributed by atoms with van der Waals surface area (Å²) in [5.41, 5.74) is 9.60. The number of hydrogen-bond donors (Lipinski definition) is 2. The molecule has 1 saturated heterocycles. The van der Waals surface area contributed by atoms with Crippen molar-refractivity contribution in [3.8, 4) is 11.8 Å². The SMILES string of the molecule is CN1CCN(c2nc(N)nc3cc(C(=O)NCc4cccc(OCc5cccc(C#N)c5)c4)ccc23)CC1. The van der Waals surface area contributed by atoms with Gasteiger partial charge in [0, 0.05) is 43.7 Å². The number of benzene rings is 3. The Labute approximate surface area is 221 Å². The quantitative estimate of drug-likeness (QED) is 0.391. The van der Waals surface area contributed by atoms with Crippen molar-refractivity contribution in [3.05, 3.63) is 89.0 Å². The number of ether oxygens (including phenoxy) is 1. The van der Waals surface area contributed by atoms with Crippen molar-refractivity contribution in [2.75, 3.05) is 43.9 Å². The Kier molecular flexibility index (Phi) is 7.33. The molecule has 1 fully saturated rings. The first-order valence-electron chi connectivity index (χ1n) is 12.5. The van der Waals surface area contributed by atoms with Gasteiger partial charge in [0.1, 0.15) is 18.2 Å². The van der Waals surface area contributed by atoms with Gasteiger partial charge in [-0.15, -0.1) is 0 Å². The monoisotopic (exact) mass is 507 g/mol. The predicted molar refractivity (Wildman–Crippen MR) is 147 cm³/mol. The molecule has 4 aromatic rings. The van der Waals surface area contributed by atoms with E-state index in [1.807, 2.05) is 42.5 Å². The molecule has 38 heavy (non-hydrogen) atoms. The molecule has 0 radical (unpaired) electrons. The van der Waals surface area contributed by atoms with Gasteiger partial charge in [0.15, 0.2) is 0 Å². The largest absolute Gasteiger partial charge is 0.489 e. The summed E-state index contributed by atoms with van der Waals surface area (Å²) in [6.45, 7) is 4.32. The van der Waals surface area contributed by atoms with E-state index in [0.29, 0.717) is 35.5 Å². The second-order valence-corrected chi connectivity index (χ2v) is 9.36. The fraction of sp³-hybridized carbons (Fsp3) is 0.241. The lowest BCUT2D eigenvalue weighted by atomic mass is 10.1. The van der Waals surface area contributed by atoms with Gasteiger partial charge in [0.25, 0.3) is 5.91 Å². The number of likely N-dealkylation sites (N-methyl/N-ethyl adjacent to an activating group) is 1. The maximum Gasteiger partial charge on any atom is 0.251 e. The van der Waals surface area contributed by atoms with Crippen molar-refractivity contribution in [3.63, 3.8) is 0 Å². The summed E-state index contributed by atoms with van der Waals surface area (Å²) in [5.74, 6) is 1.49. The normalized spacial score (nSPS) is 13.7. The van der Waals surface area contributed by atoms with Crippen molar-refractivity contribution in [1.82, 2.24) is 20.2 Å². The number of piperazine rings is 1. The molecule has 0 saturated carbocycles. The number of nitriles is 1. The number of fused-ring (bicyclic) bond motifs is 1. The van der Waals surface area contributed by atoms with Crippen LogP contribution in [-0.4, -0.2) is 54.0 Å². The molecule has 9 heteroatoms. The van der Waals surface area contributed by atoms with Gasteiger partial charge in [0.05, 0.1) is 17.1 Å². The summed E-state index contributed by atoms with van der Waals surface area (Å²) in [5, 5.41) is 12.9. The highest BCUT2D eigenvalue weighted by atomic mass is 16.5. The Morgan fingerprint density at radius 1 is 1.03 bits per heavy atom. The van der Waals surface area contributed by atoms with Gasteiger partial charge in [-0.05, 0) is 60.6 Å². The number of nitrogens with one attached hydrogen (secondary N) is 1. The predicted octanol–water partition coefficient (Wildman–Crippen LogP) is 3.34. The molecule has 1 aliphatic rings. The van der Waals surface area contributed by atoms with Gasteiger partial charge >= 0.3 is 0 Å². The number of aromatic nitrogens is 2. The van der Waals surface area contributed by atoms with E-state index >= 15 is 0 Å². The lowest BCUT2D eigenvalue weighted by molar-refractivity contribution is 0.0951. The fourth-order valence-electron chi connectivity index (χ4n) is 4.46. The Hall–Kier alpha value is -4.68. The van der Waals surface area contributed by atoms with E-state index in [9.17, 15) is 4.79 Å². The second kappa shape index (κ2) is 11.2. The van der Waals surface area contributed by atoms with Crippen LogP contribution in [0.15, 0.2) is 66.7 Å². The number of carbonyl (C=O) groups excluding carboxylic acids is 1. The zero-order valence-electron chi connectivity index (χ0n) is 21.2. The number of nitrogens with two attached hydrogens (primary N) is 1. The molecular formula is C29H29N7O2. The smallest absolute Gasteiger partial charge is 0.251 e. The molecule has 1 aliphatic heterocycles. The summed E-state index contributed by atoms with van der Waals surface area (Å²) in [6.07, 6.45) is 0. The first-order chi connectivity index (χ1) is 18.5. The molecule has 1 aromatic heterocycles. The molecule has 5 rings (SSSR count). The van der Waals surface area contributed by atoms with Crippen LogP contribution in [0.1, 0.15) is 27.0 Å². The molecule has 3 aromatic carbocycles. The number of carbonyl (C=O) groups is 1. The first-order valence-corrected chi connectivity index (χ1v) is 12.5. The van der Waals surface area contributed by atoms with Gasteiger partial charge in [-0.1, -0.05) is 24.3 Å². The minimum Gasteiger partial charge on any atom is -0.489 e. The number of rotatable bonds is 7. The average molecular weight is 508 g/mol. The number of nitrogen functional groups attached to an aromatic ring is 1. The molecule has 0 atom stereocenters. The molecule has 0 aliphatic carbocycles. The lowest BCUT2D eigenvalue weighted by Crippen LogP contribution is -2.45. The Morgan fingerprint density at radius 2 is 1.82 bits per heavy atom. The number of hydrogen-bond acceptors (Lipinski definition) is 8. The maximum absolute atomic E-state index is 13.0. The molecule has 0 spiro atoms. The first kappa shape index (κ1) is 25.0. The minimum absolute atomic E-state index is 0.195. The van der Waals surface area contributed by atoms with Crippen LogP contribution >= 0.6 is 0 Å². The van der Waals surface area contributed by atoms with Gasteiger partial charge < -0.3 is 25.6 Å². The molecule has 0 bridgehead atoms. The van der Waals surface area contributed by atoms with E-state index in [2.05, 4.69) is 38.2 Å². The molecule has 3 N–H and O–H groups in total. The van der Waals surface area contributed by atoms with Crippen LogP contribution < -0.4 is 20.7 Å². The molecule has 2 heterocycles. The molecule has 0 unspecified atom stereocenters. The van der Waals surface area contributed by atoms with Crippen LogP contribution in [0.25, 0.3) is 10.9 Å². The second-order valence-electron chi connectivity index (χ2n) is 9.36. The van der Waals surface area contributed by atoms with Crippen LogP contribution in [0.5, 0.6) is 5.75 Å². The Morgan fingerprint density at radius 3 is 2.63 bits per heavy atom. The number of amides is 1. The maximum atomic E-state index is 13.0. The number of nitrogens with zero attached hydrogens (tertiary/aromatic N) is 5. The van der Waals surface area contributed by atoms with Gasteiger partial charge in [-0.3, -0.25) is 4.79 Å². The highest BCUT2D eigenvalue weighted by Crippen LogP contribution is 2.26. The van der Waals surface area contributed by atoms with Gasteiger partial charge in [0.2, 0.25) is 5.95 Å². The van der Waals surface area contributed by atoms with Crippen LogP contribution in [0.2, 0.25) is 0 Å². The zero-order valence-corrected chi connectivity index (χ0v) is 21.2. The standard InChI is InChI=1S/C29H29N7O2/c1-35-10-12-36(13-11-35)27-25-9-8-23(16-26(25)33-29(31)34-27)28(37)32-18-21-5-3-7-24(15-21)38-19-22-6-2-4-20(14-22)17-30/h2-9,14-16H,10-13,18-19H2,1H3,(H,32,37)(H2,31,33,34). The van der Waals surface area contributed by atoms with Crippen molar-refractivity contribution in [2.24, 2.45) is 0 Å². The summed E-state index contributed by atoms with van der Waals surface area (Å²) in [7, 11) is 2.11. The summed E-state index contributed by atoms with van der Waals surface area (Å²) >= 11 is 0. The van der Waals surface area contributed by atoms with Crippen LogP contribution in [0.3, 0.4) is 0 Å². The van der Waals surface area contributed by atoms with Crippen molar-refractivity contribution in [2.45, 2.75) is 13.2 Å². The van der Waals surface area contributed by atoms with E-state index < -0.39 is 0 Å². The topological polar surface area (TPSA) is 120 Å². The summed E-state index contributed by atoms with van der Waals surface area (Å²) in [6, 6.07) is 22.5. The van der Waals surface area contributed by atoms with Crippen LogP contribution in [-0.2, 0) is 13.2 Å². The van der Waals surface area contributed by atoms with Gasteiger partial charge in [-0.2, -0.15) is 10.2 Å². The molecule has 192 valence electrons. The zero-order chi connectivity index (χ0) is 26.5. The summed E-state index contributed by atoms with van der Waals surface area (Å²) in [4.78, 5) is 26.4. The fourth-order valence-corrected chi connectivity index (χ4v) is 4.46.